The van der Waals surface area contributed by atoms with Crippen molar-refractivity contribution in [3.8, 4) is 0 Å². The SMILES string of the molecule is CSC.O=C(CBr)c1ccccc1. The van der Waals surface area contributed by atoms with Gasteiger partial charge in [0.15, 0.2) is 5.78 Å². The van der Waals surface area contributed by atoms with Crippen molar-refractivity contribution in [1.29, 1.82) is 0 Å². The van der Waals surface area contributed by atoms with Crippen LogP contribution in [0, 0.1) is 0 Å². The minimum Gasteiger partial charge on any atom is -0.293 e. The second-order valence-electron chi connectivity index (χ2n) is 2.33. The van der Waals surface area contributed by atoms with Crippen molar-refractivity contribution in [1.82, 2.24) is 0 Å². The zero-order chi connectivity index (χ0) is 10.1. The molecule has 3 heteroatoms. The molecular formula is C10H13BrOS. The van der Waals surface area contributed by atoms with Crippen LogP contribution in [0.25, 0.3) is 0 Å². The van der Waals surface area contributed by atoms with E-state index in [0.717, 1.165) is 5.56 Å². The summed E-state index contributed by atoms with van der Waals surface area (Å²) in [5, 5.41) is 0.400. The lowest BCUT2D eigenvalue weighted by molar-refractivity contribution is 0.102. The van der Waals surface area contributed by atoms with Crippen LogP contribution >= 0.6 is 27.7 Å². The van der Waals surface area contributed by atoms with Crippen molar-refractivity contribution in [3.63, 3.8) is 0 Å². The van der Waals surface area contributed by atoms with E-state index in [-0.39, 0.29) is 5.78 Å². The predicted molar refractivity (Wildman–Crippen MR) is 64.0 cm³/mol. The molecule has 0 unspecified atom stereocenters. The molecule has 1 nitrogen and oxygen atoms in total. The molecule has 0 radical (unpaired) electrons. The van der Waals surface area contributed by atoms with Gasteiger partial charge in [-0.2, -0.15) is 11.8 Å². The number of benzene rings is 1. The topological polar surface area (TPSA) is 17.1 Å². The number of hydrogen-bond acceptors (Lipinski definition) is 2. The summed E-state index contributed by atoms with van der Waals surface area (Å²) in [7, 11) is 0. The number of alkyl halides is 1. The fraction of sp³-hybridized carbons (Fsp3) is 0.300. The monoisotopic (exact) mass is 260 g/mol. The highest BCUT2D eigenvalue weighted by Gasteiger charge is 1.99. The molecule has 72 valence electrons. The summed E-state index contributed by atoms with van der Waals surface area (Å²) in [6.07, 6.45) is 4.08. The number of rotatable bonds is 2. The van der Waals surface area contributed by atoms with Gasteiger partial charge in [0.05, 0.1) is 5.33 Å². The molecule has 0 aromatic heterocycles. The molecule has 0 atom stereocenters. The molecule has 1 rings (SSSR count). The first-order valence-corrected chi connectivity index (χ1v) is 6.56. The number of ketones is 1. The highest BCUT2D eigenvalue weighted by molar-refractivity contribution is 9.09. The second kappa shape index (κ2) is 8.32. The largest absolute Gasteiger partial charge is 0.293 e. The Bertz CT molecular complexity index is 236. The molecule has 0 aliphatic heterocycles. The summed E-state index contributed by atoms with van der Waals surface area (Å²) in [5.41, 5.74) is 0.763. The maximum Gasteiger partial charge on any atom is 0.173 e. The Morgan fingerprint density at radius 2 is 1.77 bits per heavy atom. The Morgan fingerprint density at radius 3 is 2.15 bits per heavy atom. The quantitative estimate of drug-likeness (QED) is 0.600. The van der Waals surface area contributed by atoms with Crippen LogP contribution in [0.2, 0.25) is 0 Å². The van der Waals surface area contributed by atoms with E-state index in [1.54, 1.807) is 11.8 Å². The molecule has 0 amide bonds. The van der Waals surface area contributed by atoms with E-state index < -0.39 is 0 Å². The van der Waals surface area contributed by atoms with Crippen LogP contribution in [0.4, 0.5) is 0 Å². The van der Waals surface area contributed by atoms with Gasteiger partial charge in [-0.25, -0.2) is 0 Å². The number of hydrogen-bond donors (Lipinski definition) is 0. The molecule has 1 aromatic carbocycles. The summed E-state index contributed by atoms with van der Waals surface area (Å²) in [5.74, 6) is 0.126. The normalized spacial score (nSPS) is 8.54. The van der Waals surface area contributed by atoms with Gasteiger partial charge in [0, 0.05) is 5.56 Å². The molecule has 0 bridgehead atoms. The van der Waals surface area contributed by atoms with Crippen molar-refractivity contribution in [3.05, 3.63) is 35.9 Å². The Balaban J connectivity index is 0.000000424. The maximum absolute atomic E-state index is 11.0. The van der Waals surface area contributed by atoms with Crippen LogP contribution in [0.1, 0.15) is 10.4 Å². The average Bonchev–Trinajstić information content (AvgIpc) is 2.19. The second-order valence-corrected chi connectivity index (χ2v) is 3.71. The molecule has 1 aromatic rings. The first-order chi connectivity index (χ1) is 6.26. The predicted octanol–water partition coefficient (Wildman–Crippen LogP) is 3.24. The molecule has 0 spiro atoms. The van der Waals surface area contributed by atoms with Gasteiger partial charge in [0.25, 0.3) is 0 Å². The van der Waals surface area contributed by atoms with Crippen molar-refractivity contribution in [2.24, 2.45) is 0 Å². The number of carbonyl (C=O) groups excluding carboxylic acids is 1. The minimum absolute atomic E-state index is 0.126. The highest BCUT2D eigenvalue weighted by Crippen LogP contribution is 2.01. The van der Waals surface area contributed by atoms with E-state index in [1.165, 1.54) is 0 Å². The van der Waals surface area contributed by atoms with Crippen molar-refractivity contribution >= 4 is 33.5 Å². The van der Waals surface area contributed by atoms with E-state index >= 15 is 0 Å². The number of Topliss-reactive ketones (excluding diaryl/α,β-unsaturated/α-hetero) is 1. The van der Waals surface area contributed by atoms with E-state index in [0.29, 0.717) is 5.33 Å². The van der Waals surface area contributed by atoms with Crippen LogP contribution in [0.3, 0.4) is 0 Å². The zero-order valence-electron chi connectivity index (χ0n) is 7.79. The van der Waals surface area contributed by atoms with Gasteiger partial charge in [-0.15, -0.1) is 0 Å². The van der Waals surface area contributed by atoms with Gasteiger partial charge in [0.2, 0.25) is 0 Å². The molecule has 0 heterocycles. The third kappa shape index (κ3) is 5.88. The standard InChI is InChI=1S/C8H7BrO.C2H6S/c9-6-8(10)7-4-2-1-3-5-7;1-3-2/h1-5H,6H2;1-2H3. The molecule has 0 N–H and O–H groups in total. The molecule has 0 fully saturated rings. The molecule has 0 aliphatic rings. The lowest BCUT2D eigenvalue weighted by atomic mass is 10.2. The van der Waals surface area contributed by atoms with Gasteiger partial charge in [-0.1, -0.05) is 46.3 Å². The van der Waals surface area contributed by atoms with Crippen LogP contribution in [-0.2, 0) is 0 Å². The fourth-order valence-corrected chi connectivity index (χ4v) is 1.02. The molecular weight excluding hydrogens is 248 g/mol. The first kappa shape index (κ1) is 12.7. The van der Waals surface area contributed by atoms with Crippen LogP contribution in [0.15, 0.2) is 30.3 Å². The third-order valence-electron chi connectivity index (χ3n) is 1.22. The number of carbonyl (C=O) groups is 1. The van der Waals surface area contributed by atoms with Crippen LogP contribution < -0.4 is 0 Å². The Hall–Kier alpha value is -0.280. The van der Waals surface area contributed by atoms with Gasteiger partial charge >= 0.3 is 0 Å². The molecule has 0 saturated carbocycles. The summed E-state index contributed by atoms with van der Waals surface area (Å²) < 4.78 is 0. The maximum atomic E-state index is 11.0. The third-order valence-corrected chi connectivity index (χ3v) is 1.73. The summed E-state index contributed by atoms with van der Waals surface area (Å²) in [6.45, 7) is 0. The highest BCUT2D eigenvalue weighted by atomic mass is 79.9. The van der Waals surface area contributed by atoms with Gasteiger partial charge < -0.3 is 0 Å². The van der Waals surface area contributed by atoms with E-state index in [9.17, 15) is 4.79 Å². The van der Waals surface area contributed by atoms with Crippen molar-refractivity contribution < 1.29 is 4.79 Å². The Kier molecular flexibility index (Phi) is 8.14. The van der Waals surface area contributed by atoms with Crippen molar-refractivity contribution in [2.75, 3.05) is 17.8 Å². The van der Waals surface area contributed by atoms with Gasteiger partial charge in [-0.05, 0) is 12.5 Å². The lowest BCUT2D eigenvalue weighted by Crippen LogP contribution is -1.98. The average molecular weight is 261 g/mol. The summed E-state index contributed by atoms with van der Waals surface area (Å²) in [4.78, 5) is 11.0. The van der Waals surface area contributed by atoms with E-state index in [1.807, 2.05) is 42.8 Å². The van der Waals surface area contributed by atoms with Crippen LogP contribution in [0.5, 0.6) is 0 Å². The molecule has 0 aliphatic carbocycles. The van der Waals surface area contributed by atoms with Gasteiger partial charge in [0.1, 0.15) is 0 Å². The number of halogens is 1. The van der Waals surface area contributed by atoms with E-state index in [4.69, 9.17) is 0 Å². The first-order valence-electron chi connectivity index (χ1n) is 3.80. The fourth-order valence-electron chi connectivity index (χ4n) is 0.701. The van der Waals surface area contributed by atoms with Crippen molar-refractivity contribution in [2.45, 2.75) is 0 Å². The Labute approximate surface area is 92.0 Å². The summed E-state index contributed by atoms with van der Waals surface area (Å²) in [6, 6.07) is 9.23. The van der Waals surface area contributed by atoms with Gasteiger partial charge in [-0.3, -0.25) is 4.79 Å². The molecule has 13 heavy (non-hydrogen) atoms. The van der Waals surface area contributed by atoms with Crippen LogP contribution in [-0.4, -0.2) is 23.6 Å². The minimum atomic E-state index is 0.126. The van der Waals surface area contributed by atoms with E-state index in [2.05, 4.69) is 15.9 Å². The Morgan fingerprint density at radius 1 is 1.31 bits per heavy atom. The molecule has 0 saturated heterocycles. The number of thioether (sulfide) groups is 1. The summed E-state index contributed by atoms with van der Waals surface area (Å²) >= 11 is 4.85. The zero-order valence-corrected chi connectivity index (χ0v) is 10.2. The lowest BCUT2D eigenvalue weighted by Gasteiger charge is -1.92. The smallest absolute Gasteiger partial charge is 0.173 e.